The summed E-state index contributed by atoms with van der Waals surface area (Å²) in [5, 5.41) is 12.5. The van der Waals surface area contributed by atoms with Crippen LogP contribution in [0.5, 0.6) is 5.88 Å². The van der Waals surface area contributed by atoms with Gasteiger partial charge in [-0.1, -0.05) is 25.1 Å². The quantitative estimate of drug-likeness (QED) is 0.342. The molecule has 1 aromatic carbocycles. The number of aryl methyl sites for hydroxylation is 1. The van der Waals surface area contributed by atoms with Crippen molar-refractivity contribution in [1.29, 1.82) is 0 Å². The monoisotopic (exact) mass is 507 g/mol. The summed E-state index contributed by atoms with van der Waals surface area (Å²) in [6.45, 7) is 3.65. The van der Waals surface area contributed by atoms with Gasteiger partial charge >= 0.3 is 0 Å². The molecule has 1 aliphatic carbocycles. The number of fused-ring (bicyclic) bond motifs is 2. The van der Waals surface area contributed by atoms with Crippen LogP contribution in [0.3, 0.4) is 0 Å². The second-order valence-electron chi connectivity index (χ2n) is 10.1. The molecule has 2 aliphatic rings. The molecule has 0 bridgehead atoms. The maximum atomic E-state index is 13.2. The second-order valence-corrected chi connectivity index (χ2v) is 10.1. The summed E-state index contributed by atoms with van der Waals surface area (Å²) in [7, 11) is 0. The molecule has 192 valence electrons. The maximum absolute atomic E-state index is 13.2. The van der Waals surface area contributed by atoms with E-state index in [1.165, 1.54) is 12.8 Å². The molecule has 1 aliphatic heterocycles. The summed E-state index contributed by atoms with van der Waals surface area (Å²) in [4.78, 5) is 22.4. The zero-order chi connectivity index (χ0) is 25.7. The van der Waals surface area contributed by atoms with Crippen molar-refractivity contribution in [1.82, 2.24) is 29.5 Å². The van der Waals surface area contributed by atoms with Crippen molar-refractivity contribution in [2.45, 2.75) is 50.8 Å². The number of nitrogens with zero attached hydrogens (tertiary/aromatic N) is 5. The van der Waals surface area contributed by atoms with E-state index in [9.17, 15) is 4.79 Å². The molecule has 5 aromatic rings. The second kappa shape index (κ2) is 8.95. The first-order valence-electron chi connectivity index (χ1n) is 13.2. The Morgan fingerprint density at radius 3 is 2.97 bits per heavy atom. The summed E-state index contributed by atoms with van der Waals surface area (Å²) < 4.78 is 9.97. The van der Waals surface area contributed by atoms with Crippen LogP contribution >= 0.6 is 0 Å². The van der Waals surface area contributed by atoms with Crippen LogP contribution in [-0.4, -0.2) is 48.2 Å². The lowest BCUT2D eigenvalue weighted by Gasteiger charge is -2.11. The molecule has 7 rings (SSSR count). The SMILES string of the molecule is CCc1nn(Cc2cccc(O[C@H]3CC34CCCN4)n2)c2cccc(NC(=O)c3cnc4ccccn34)c12. The number of aromatic nitrogens is 5. The first-order valence-corrected chi connectivity index (χ1v) is 13.2. The van der Waals surface area contributed by atoms with Crippen molar-refractivity contribution in [2.24, 2.45) is 0 Å². The number of rotatable bonds is 7. The molecule has 9 heteroatoms. The van der Waals surface area contributed by atoms with Gasteiger partial charge in [-0.15, -0.1) is 0 Å². The zero-order valence-electron chi connectivity index (χ0n) is 21.2. The lowest BCUT2D eigenvalue weighted by molar-refractivity contribution is 0.102. The van der Waals surface area contributed by atoms with Crippen molar-refractivity contribution in [3.05, 3.63) is 84.1 Å². The van der Waals surface area contributed by atoms with Crippen molar-refractivity contribution in [3.8, 4) is 5.88 Å². The topological polar surface area (TPSA) is 98.4 Å². The van der Waals surface area contributed by atoms with Gasteiger partial charge in [-0.05, 0) is 56.1 Å². The molecule has 1 saturated carbocycles. The van der Waals surface area contributed by atoms with E-state index in [0.717, 1.165) is 53.0 Å². The van der Waals surface area contributed by atoms with E-state index >= 15 is 0 Å². The van der Waals surface area contributed by atoms with Crippen molar-refractivity contribution in [3.63, 3.8) is 0 Å². The van der Waals surface area contributed by atoms with Gasteiger partial charge in [-0.2, -0.15) is 5.10 Å². The molecule has 9 nitrogen and oxygen atoms in total. The fourth-order valence-electron chi connectivity index (χ4n) is 5.68. The summed E-state index contributed by atoms with van der Waals surface area (Å²) in [5.74, 6) is 0.443. The molecule has 2 N–H and O–H groups in total. The highest BCUT2D eigenvalue weighted by Crippen LogP contribution is 2.45. The highest BCUT2D eigenvalue weighted by molar-refractivity contribution is 6.08. The summed E-state index contributed by atoms with van der Waals surface area (Å²) >= 11 is 0. The first-order chi connectivity index (χ1) is 18.6. The minimum absolute atomic E-state index is 0.163. The Kier molecular flexibility index (Phi) is 5.40. The zero-order valence-corrected chi connectivity index (χ0v) is 21.2. The van der Waals surface area contributed by atoms with E-state index in [0.29, 0.717) is 18.1 Å². The van der Waals surface area contributed by atoms with Gasteiger partial charge in [0.05, 0.1) is 40.9 Å². The van der Waals surface area contributed by atoms with Crippen LogP contribution in [0.15, 0.2) is 67.0 Å². The standard InChI is InChI=1S/C29H29N7O2/c1-2-20-27-21(33-28(37)23-17-30-25-11-3-4-15-35(23)25)9-6-10-22(27)36(34-20)18-19-8-5-12-26(32-19)38-24-16-29(24)13-7-14-31-29/h3-6,8-12,15,17,24,31H,2,7,13-14,16,18H2,1H3,(H,33,37)/t24-,29?/m0/s1. The first kappa shape index (κ1) is 22.9. The van der Waals surface area contributed by atoms with Crippen LogP contribution in [0.1, 0.15) is 48.1 Å². The molecule has 38 heavy (non-hydrogen) atoms. The Labute approximate surface area is 219 Å². The Morgan fingerprint density at radius 2 is 2.11 bits per heavy atom. The highest BCUT2D eigenvalue weighted by Gasteiger charge is 2.57. The number of ether oxygens (including phenoxy) is 1. The number of pyridine rings is 2. The summed E-state index contributed by atoms with van der Waals surface area (Å²) in [6.07, 6.45) is 7.80. The Hall–Kier alpha value is -4.24. The Balaban J connectivity index is 1.15. The van der Waals surface area contributed by atoms with E-state index in [1.807, 2.05) is 65.5 Å². The van der Waals surface area contributed by atoms with Gasteiger partial charge < -0.3 is 15.4 Å². The minimum Gasteiger partial charge on any atom is -0.472 e. The van der Waals surface area contributed by atoms with E-state index in [2.05, 4.69) is 22.5 Å². The summed E-state index contributed by atoms with van der Waals surface area (Å²) in [5.41, 5.74) is 4.85. The van der Waals surface area contributed by atoms with Crippen LogP contribution in [0.25, 0.3) is 16.6 Å². The van der Waals surface area contributed by atoms with Crippen molar-refractivity contribution >= 4 is 28.1 Å². The molecule has 0 radical (unpaired) electrons. The van der Waals surface area contributed by atoms with E-state index in [-0.39, 0.29) is 17.6 Å². The minimum atomic E-state index is -0.216. The van der Waals surface area contributed by atoms with Gasteiger partial charge in [0.15, 0.2) is 0 Å². The molecular formula is C29H29N7O2. The highest BCUT2D eigenvalue weighted by atomic mass is 16.5. The number of carbonyl (C=O) groups is 1. The third-order valence-electron chi connectivity index (χ3n) is 7.72. The van der Waals surface area contributed by atoms with Crippen LogP contribution in [0.4, 0.5) is 5.69 Å². The lowest BCUT2D eigenvalue weighted by Crippen LogP contribution is -2.29. The van der Waals surface area contributed by atoms with Crippen LogP contribution in [-0.2, 0) is 13.0 Å². The third-order valence-corrected chi connectivity index (χ3v) is 7.72. The van der Waals surface area contributed by atoms with Gasteiger partial charge in [-0.3, -0.25) is 13.9 Å². The molecule has 1 unspecified atom stereocenters. The molecule has 4 aromatic heterocycles. The fourth-order valence-corrected chi connectivity index (χ4v) is 5.68. The molecule has 1 spiro atoms. The predicted molar refractivity (Wildman–Crippen MR) is 145 cm³/mol. The number of amides is 1. The third kappa shape index (κ3) is 3.90. The number of hydrogen-bond donors (Lipinski definition) is 2. The van der Waals surface area contributed by atoms with Gasteiger partial charge in [0.25, 0.3) is 5.91 Å². The maximum Gasteiger partial charge on any atom is 0.274 e. The number of benzene rings is 1. The van der Waals surface area contributed by atoms with E-state index in [1.54, 1.807) is 10.6 Å². The van der Waals surface area contributed by atoms with Gasteiger partial charge in [0.1, 0.15) is 17.4 Å². The molecule has 5 heterocycles. The Bertz CT molecular complexity index is 1660. The van der Waals surface area contributed by atoms with Crippen LogP contribution < -0.4 is 15.4 Å². The number of hydrogen-bond acceptors (Lipinski definition) is 6. The number of nitrogens with one attached hydrogen (secondary N) is 2. The number of carbonyl (C=O) groups excluding carboxylic acids is 1. The van der Waals surface area contributed by atoms with Gasteiger partial charge in [-0.25, -0.2) is 9.97 Å². The van der Waals surface area contributed by atoms with Crippen molar-refractivity contribution in [2.75, 3.05) is 11.9 Å². The average Bonchev–Trinajstić information content (AvgIpc) is 3.32. The van der Waals surface area contributed by atoms with Crippen molar-refractivity contribution < 1.29 is 9.53 Å². The largest absolute Gasteiger partial charge is 0.472 e. The number of imidazole rings is 1. The smallest absolute Gasteiger partial charge is 0.274 e. The molecular weight excluding hydrogens is 478 g/mol. The predicted octanol–water partition coefficient (Wildman–Crippen LogP) is 4.22. The lowest BCUT2D eigenvalue weighted by atomic mass is 10.1. The van der Waals surface area contributed by atoms with Crippen LogP contribution in [0.2, 0.25) is 0 Å². The average molecular weight is 508 g/mol. The molecule has 2 atom stereocenters. The summed E-state index contributed by atoms with van der Waals surface area (Å²) in [6, 6.07) is 17.5. The fraction of sp³-hybridized carbons (Fsp3) is 0.310. The Morgan fingerprint density at radius 1 is 1.18 bits per heavy atom. The molecule has 2 fully saturated rings. The molecule has 1 amide bonds. The number of anilines is 1. The van der Waals surface area contributed by atoms with Crippen LogP contribution in [0, 0.1) is 0 Å². The molecule has 1 saturated heterocycles. The van der Waals surface area contributed by atoms with E-state index in [4.69, 9.17) is 14.8 Å². The van der Waals surface area contributed by atoms with Gasteiger partial charge in [0.2, 0.25) is 5.88 Å². The van der Waals surface area contributed by atoms with Gasteiger partial charge in [0, 0.05) is 24.1 Å². The van der Waals surface area contributed by atoms with E-state index < -0.39 is 0 Å². The normalized spacial score (nSPS) is 20.4.